The molecule has 6 nitrogen and oxygen atoms in total. The Morgan fingerprint density at radius 3 is 2.70 bits per heavy atom. The van der Waals surface area contributed by atoms with Crippen LogP contribution in [0.1, 0.15) is 5.56 Å². The Labute approximate surface area is 160 Å². The van der Waals surface area contributed by atoms with Crippen LogP contribution in [0.15, 0.2) is 47.8 Å². The summed E-state index contributed by atoms with van der Waals surface area (Å²) in [6.45, 7) is 1.10. The van der Waals surface area contributed by atoms with Crippen molar-refractivity contribution < 1.29 is 19.0 Å². The Bertz CT molecular complexity index is 953. The number of hydrogen-bond donors (Lipinski definition) is 1. The fraction of sp³-hybridized carbons (Fsp3) is 0.200. The van der Waals surface area contributed by atoms with Crippen molar-refractivity contribution in [1.82, 2.24) is 4.98 Å². The first-order chi connectivity index (χ1) is 13.2. The molecule has 2 heterocycles. The van der Waals surface area contributed by atoms with Crippen LogP contribution in [0.5, 0.6) is 17.2 Å². The first-order valence-electron chi connectivity index (χ1n) is 8.49. The van der Waals surface area contributed by atoms with E-state index in [0.717, 1.165) is 34.1 Å². The highest BCUT2D eigenvalue weighted by molar-refractivity contribution is 7.14. The van der Waals surface area contributed by atoms with Gasteiger partial charge >= 0.3 is 0 Å². The molecule has 0 saturated carbocycles. The monoisotopic (exact) mass is 382 g/mol. The van der Waals surface area contributed by atoms with Crippen LogP contribution in [0.2, 0.25) is 0 Å². The minimum atomic E-state index is -0.108. The Kier molecular flexibility index (Phi) is 4.93. The maximum atomic E-state index is 12.3. The summed E-state index contributed by atoms with van der Waals surface area (Å²) in [6.07, 6.45) is 0.281. The summed E-state index contributed by atoms with van der Waals surface area (Å²) in [7, 11) is 1.61. The number of nitrogens with one attached hydrogen (secondary N) is 1. The largest absolute Gasteiger partial charge is 0.497 e. The lowest BCUT2D eigenvalue weighted by Crippen LogP contribution is -2.15. The molecule has 7 heteroatoms. The fourth-order valence-electron chi connectivity index (χ4n) is 2.76. The van der Waals surface area contributed by atoms with Crippen LogP contribution in [0, 0.1) is 0 Å². The van der Waals surface area contributed by atoms with Gasteiger partial charge in [0.1, 0.15) is 19.0 Å². The van der Waals surface area contributed by atoms with E-state index in [-0.39, 0.29) is 12.3 Å². The molecule has 0 aliphatic carbocycles. The molecule has 0 spiro atoms. The van der Waals surface area contributed by atoms with E-state index in [1.807, 2.05) is 47.8 Å². The first-order valence-corrected chi connectivity index (χ1v) is 9.37. The van der Waals surface area contributed by atoms with Gasteiger partial charge in [0.2, 0.25) is 5.91 Å². The minimum absolute atomic E-state index is 0.108. The van der Waals surface area contributed by atoms with Gasteiger partial charge in [0.25, 0.3) is 0 Å². The second-order valence-electron chi connectivity index (χ2n) is 5.97. The van der Waals surface area contributed by atoms with Gasteiger partial charge < -0.3 is 19.5 Å². The predicted molar refractivity (Wildman–Crippen MR) is 104 cm³/mol. The molecule has 1 aromatic heterocycles. The number of amides is 1. The second kappa shape index (κ2) is 7.67. The number of carbonyl (C=O) groups excluding carboxylic acids is 1. The lowest BCUT2D eigenvalue weighted by atomic mass is 10.1. The molecule has 1 aliphatic heterocycles. The summed E-state index contributed by atoms with van der Waals surface area (Å²) in [6, 6.07) is 13.2. The number of hydrogen-bond acceptors (Lipinski definition) is 6. The van der Waals surface area contributed by atoms with E-state index in [9.17, 15) is 4.79 Å². The molecule has 0 fully saturated rings. The van der Waals surface area contributed by atoms with Crippen molar-refractivity contribution in [3.05, 3.63) is 53.4 Å². The van der Waals surface area contributed by atoms with Crippen LogP contribution < -0.4 is 19.5 Å². The average molecular weight is 382 g/mol. The normalized spacial score (nSPS) is 12.5. The summed E-state index contributed by atoms with van der Waals surface area (Å²) in [4.78, 5) is 16.8. The van der Waals surface area contributed by atoms with Gasteiger partial charge in [-0.15, -0.1) is 11.3 Å². The number of aromatic nitrogens is 1. The van der Waals surface area contributed by atoms with Gasteiger partial charge in [0.05, 0.1) is 19.2 Å². The molecule has 1 amide bonds. The maximum absolute atomic E-state index is 12.3. The highest BCUT2D eigenvalue weighted by Gasteiger charge is 2.14. The zero-order chi connectivity index (χ0) is 18.6. The third-order valence-electron chi connectivity index (χ3n) is 4.11. The maximum Gasteiger partial charge on any atom is 0.230 e. The molecular formula is C20H18N2O4S. The predicted octanol–water partition coefficient (Wildman–Crippen LogP) is 3.77. The van der Waals surface area contributed by atoms with Crippen molar-refractivity contribution in [1.29, 1.82) is 0 Å². The average Bonchev–Trinajstić information content (AvgIpc) is 3.16. The molecule has 4 rings (SSSR count). The van der Waals surface area contributed by atoms with Crippen molar-refractivity contribution in [2.75, 3.05) is 25.6 Å². The van der Waals surface area contributed by atoms with E-state index >= 15 is 0 Å². The third-order valence-corrected chi connectivity index (χ3v) is 4.87. The molecule has 0 atom stereocenters. The van der Waals surface area contributed by atoms with Gasteiger partial charge in [0, 0.05) is 10.9 Å². The number of nitrogens with zero attached hydrogens (tertiary/aromatic N) is 1. The Hall–Kier alpha value is -3.06. The van der Waals surface area contributed by atoms with Gasteiger partial charge in [0.15, 0.2) is 16.6 Å². The van der Waals surface area contributed by atoms with Crippen LogP contribution in [0.25, 0.3) is 11.3 Å². The lowest BCUT2D eigenvalue weighted by molar-refractivity contribution is -0.115. The number of anilines is 1. The summed E-state index contributed by atoms with van der Waals surface area (Å²) < 4.78 is 16.3. The summed E-state index contributed by atoms with van der Waals surface area (Å²) in [5, 5.41) is 5.33. The molecule has 0 radical (unpaired) electrons. The van der Waals surface area contributed by atoms with E-state index in [4.69, 9.17) is 14.2 Å². The number of fused-ring (bicyclic) bond motifs is 1. The third kappa shape index (κ3) is 4.03. The van der Waals surface area contributed by atoms with Crippen LogP contribution in [0.3, 0.4) is 0 Å². The van der Waals surface area contributed by atoms with Crippen LogP contribution >= 0.6 is 11.3 Å². The molecule has 138 valence electrons. The van der Waals surface area contributed by atoms with E-state index in [1.165, 1.54) is 11.3 Å². The van der Waals surface area contributed by atoms with Gasteiger partial charge in [-0.3, -0.25) is 4.79 Å². The topological polar surface area (TPSA) is 69.7 Å². The Morgan fingerprint density at radius 2 is 1.93 bits per heavy atom. The van der Waals surface area contributed by atoms with Crippen molar-refractivity contribution in [2.24, 2.45) is 0 Å². The molecule has 0 unspecified atom stereocenters. The molecule has 0 saturated heterocycles. The molecule has 2 aromatic carbocycles. The number of rotatable bonds is 5. The summed E-state index contributed by atoms with van der Waals surface area (Å²) >= 11 is 1.39. The number of carbonyl (C=O) groups is 1. The molecule has 0 bridgehead atoms. The molecule has 1 aliphatic rings. The second-order valence-corrected chi connectivity index (χ2v) is 6.83. The number of ether oxygens (including phenoxy) is 3. The van der Waals surface area contributed by atoms with E-state index in [1.54, 1.807) is 7.11 Å². The Morgan fingerprint density at radius 1 is 1.15 bits per heavy atom. The lowest BCUT2D eigenvalue weighted by Gasteiger charge is -2.18. The van der Waals surface area contributed by atoms with Crippen molar-refractivity contribution in [3.8, 4) is 28.5 Å². The number of benzene rings is 2. The number of methoxy groups -OCH3 is 1. The standard InChI is InChI=1S/C20H18N2O4S/c1-24-15-5-2-13(3-6-15)10-19(23)22-20-21-16(12-27-20)14-4-7-17-18(11-14)26-9-8-25-17/h2-7,11-12H,8-10H2,1H3,(H,21,22,23). The molecule has 27 heavy (non-hydrogen) atoms. The van der Waals surface area contributed by atoms with E-state index in [0.29, 0.717) is 18.3 Å². The molecule has 1 N–H and O–H groups in total. The molecule has 3 aromatic rings. The first kappa shape index (κ1) is 17.4. The Balaban J connectivity index is 1.42. The van der Waals surface area contributed by atoms with E-state index < -0.39 is 0 Å². The van der Waals surface area contributed by atoms with Crippen molar-refractivity contribution in [3.63, 3.8) is 0 Å². The van der Waals surface area contributed by atoms with Gasteiger partial charge in [-0.2, -0.15) is 0 Å². The van der Waals surface area contributed by atoms with Crippen LogP contribution in [0.4, 0.5) is 5.13 Å². The van der Waals surface area contributed by atoms with Crippen molar-refractivity contribution >= 4 is 22.4 Å². The van der Waals surface area contributed by atoms with Crippen LogP contribution in [-0.2, 0) is 11.2 Å². The van der Waals surface area contributed by atoms with Gasteiger partial charge in [-0.25, -0.2) is 4.98 Å². The summed E-state index contributed by atoms with van der Waals surface area (Å²) in [5.41, 5.74) is 2.62. The summed E-state index contributed by atoms with van der Waals surface area (Å²) in [5.74, 6) is 2.12. The highest BCUT2D eigenvalue weighted by atomic mass is 32.1. The highest BCUT2D eigenvalue weighted by Crippen LogP contribution is 2.35. The SMILES string of the molecule is COc1ccc(CC(=O)Nc2nc(-c3ccc4c(c3)OCCO4)cs2)cc1. The van der Waals surface area contributed by atoms with Crippen LogP contribution in [-0.4, -0.2) is 31.2 Å². The quantitative estimate of drug-likeness (QED) is 0.727. The smallest absolute Gasteiger partial charge is 0.230 e. The minimum Gasteiger partial charge on any atom is -0.497 e. The van der Waals surface area contributed by atoms with Gasteiger partial charge in [-0.1, -0.05) is 12.1 Å². The van der Waals surface area contributed by atoms with Gasteiger partial charge in [-0.05, 0) is 35.9 Å². The zero-order valence-electron chi connectivity index (χ0n) is 14.7. The number of thiazole rings is 1. The zero-order valence-corrected chi connectivity index (χ0v) is 15.5. The van der Waals surface area contributed by atoms with E-state index in [2.05, 4.69) is 10.3 Å². The fourth-order valence-corrected chi connectivity index (χ4v) is 3.49. The molecular weight excluding hydrogens is 364 g/mol. The van der Waals surface area contributed by atoms with Crippen molar-refractivity contribution in [2.45, 2.75) is 6.42 Å².